The van der Waals surface area contributed by atoms with Gasteiger partial charge < -0.3 is 11.5 Å². The normalized spacial score (nSPS) is 10.1. The molecule has 12 heavy (non-hydrogen) atoms. The maximum atomic E-state index is 10.4. The predicted octanol–water partition coefficient (Wildman–Crippen LogP) is -0.502. The summed E-state index contributed by atoms with van der Waals surface area (Å²) in [5.74, 6) is -0.206. The maximum Gasteiger partial charge on any atom is 0.240 e. The lowest BCUT2D eigenvalue weighted by molar-refractivity contribution is -0.118. The number of aromatic nitrogens is 3. The van der Waals surface area contributed by atoms with Crippen molar-refractivity contribution in [2.45, 2.75) is 13.0 Å². The molecule has 4 N–H and O–H groups in total. The number of hydrogen-bond donors (Lipinski definition) is 2. The van der Waals surface area contributed by atoms with E-state index in [4.69, 9.17) is 11.5 Å². The molecule has 1 rings (SSSR count). The fourth-order valence-electron chi connectivity index (χ4n) is 0.698. The molecule has 0 aromatic carbocycles. The number of carbonyl (C=O) groups is 1. The van der Waals surface area contributed by atoms with Crippen LogP contribution in [0.2, 0.25) is 0 Å². The summed E-state index contributed by atoms with van der Waals surface area (Å²) in [5, 5.41) is 3.81. The summed E-state index contributed by atoms with van der Waals surface area (Å²) < 4.78 is 1.97. The molecular formula is C5H8BrN5O. The standard InChI is InChI=1S/C5H8BrN5O/c6-4-9-5(8)10-11(4)2-1-3(7)12/h1-2H2,(H2,7,12)(H2,8,10). The van der Waals surface area contributed by atoms with Crippen molar-refractivity contribution in [3.63, 3.8) is 0 Å². The van der Waals surface area contributed by atoms with Crippen LogP contribution in [0.15, 0.2) is 4.73 Å². The van der Waals surface area contributed by atoms with Gasteiger partial charge in [-0.1, -0.05) is 0 Å². The first-order valence-corrected chi connectivity index (χ1v) is 4.03. The molecule has 0 saturated carbocycles. The third-order valence-corrected chi connectivity index (χ3v) is 1.80. The van der Waals surface area contributed by atoms with E-state index >= 15 is 0 Å². The Bertz CT molecular complexity index is 296. The number of anilines is 1. The van der Waals surface area contributed by atoms with Crippen LogP contribution in [0.4, 0.5) is 5.95 Å². The van der Waals surface area contributed by atoms with Gasteiger partial charge in [-0.2, -0.15) is 4.98 Å². The Labute approximate surface area is 77.1 Å². The van der Waals surface area contributed by atoms with Gasteiger partial charge in [-0.15, -0.1) is 5.10 Å². The average molecular weight is 234 g/mol. The highest BCUT2D eigenvalue weighted by atomic mass is 79.9. The van der Waals surface area contributed by atoms with Crippen LogP contribution in [-0.4, -0.2) is 20.7 Å². The number of nitrogens with two attached hydrogens (primary N) is 2. The Morgan fingerprint density at radius 2 is 2.33 bits per heavy atom. The zero-order valence-corrected chi connectivity index (χ0v) is 7.78. The Morgan fingerprint density at radius 1 is 1.67 bits per heavy atom. The number of primary amides is 1. The number of nitrogens with zero attached hydrogens (tertiary/aromatic N) is 3. The fraction of sp³-hybridized carbons (Fsp3) is 0.400. The molecule has 0 spiro atoms. The summed E-state index contributed by atoms with van der Waals surface area (Å²) in [6.45, 7) is 0.389. The van der Waals surface area contributed by atoms with Crippen LogP contribution in [0.1, 0.15) is 6.42 Å². The third kappa shape index (κ3) is 2.19. The molecule has 1 aromatic heterocycles. The van der Waals surface area contributed by atoms with Crippen LogP contribution in [0, 0.1) is 0 Å². The van der Waals surface area contributed by atoms with Crippen LogP contribution in [0.3, 0.4) is 0 Å². The molecule has 0 saturated heterocycles. The molecule has 7 heteroatoms. The van der Waals surface area contributed by atoms with E-state index in [9.17, 15) is 4.79 Å². The molecule has 1 heterocycles. The van der Waals surface area contributed by atoms with Gasteiger partial charge in [-0.25, -0.2) is 4.68 Å². The highest BCUT2D eigenvalue weighted by Crippen LogP contribution is 2.07. The summed E-state index contributed by atoms with van der Waals surface area (Å²) in [5.41, 5.74) is 10.2. The number of aryl methyl sites for hydroxylation is 1. The zero-order chi connectivity index (χ0) is 9.14. The van der Waals surface area contributed by atoms with Gasteiger partial charge in [0.05, 0.1) is 6.54 Å². The Kier molecular flexibility index (Phi) is 2.64. The van der Waals surface area contributed by atoms with Crippen LogP contribution in [-0.2, 0) is 11.3 Å². The highest BCUT2D eigenvalue weighted by molar-refractivity contribution is 9.10. The van der Waals surface area contributed by atoms with Crippen molar-refractivity contribution in [1.82, 2.24) is 14.8 Å². The molecule has 1 amide bonds. The molecule has 0 aliphatic rings. The van der Waals surface area contributed by atoms with E-state index < -0.39 is 0 Å². The third-order valence-electron chi connectivity index (χ3n) is 1.21. The summed E-state index contributed by atoms with van der Waals surface area (Å²) in [7, 11) is 0. The lowest BCUT2D eigenvalue weighted by Crippen LogP contribution is -2.14. The van der Waals surface area contributed by atoms with E-state index in [0.29, 0.717) is 11.3 Å². The minimum atomic E-state index is -0.379. The smallest absolute Gasteiger partial charge is 0.240 e. The van der Waals surface area contributed by atoms with Crippen LogP contribution in [0.5, 0.6) is 0 Å². The summed E-state index contributed by atoms with van der Waals surface area (Å²) >= 11 is 3.12. The highest BCUT2D eigenvalue weighted by Gasteiger charge is 2.04. The van der Waals surface area contributed by atoms with E-state index in [2.05, 4.69) is 26.0 Å². The summed E-state index contributed by atoms with van der Waals surface area (Å²) in [6.07, 6.45) is 0.224. The summed E-state index contributed by atoms with van der Waals surface area (Å²) in [4.78, 5) is 14.2. The molecule has 6 nitrogen and oxygen atoms in total. The summed E-state index contributed by atoms with van der Waals surface area (Å²) in [6, 6.07) is 0. The first-order chi connectivity index (χ1) is 5.59. The number of amides is 1. The SMILES string of the molecule is NC(=O)CCn1nc(N)nc1Br. The van der Waals surface area contributed by atoms with Gasteiger partial charge in [0.15, 0.2) is 4.73 Å². The number of carbonyl (C=O) groups excluding carboxylic acids is 1. The minimum absolute atomic E-state index is 0.173. The van der Waals surface area contributed by atoms with Crippen molar-refractivity contribution in [1.29, 1.82) is 0 Å². The number of nitrogen functional groups attached to an aromatic ring is 1. The molecule has 1 aromatic rings. The number of rotatable bonds is 3. The lowest BCUT2D eigenvalue weighted by Gasteiger charge is -1.97. The Hall–Kier alpha value is -1.11. The molecule has 0 atom stereocenters. The molecule has 0 bridgehead atoms. The monoisotopic (exact) mass is 233 g/mol. The quantitative estimate of drug-likeness (QED) is 0.736. The molecule has 0 unspecified atom stereocenters. The van der Waals surface area contributed by atoms with Crippen LogP contribution >= 0.6 is 15.9 Å². The van der Waals surface area contributed by atoms with Crippen molar-refractivity contribution in [3.8, 4) is 0 Å². The van der Waals surface area contributed by atoms with Gasteiger partial charge >= 0.3 is 0 Å². The van der Waals surface area contributed by atoms with E-state index in [0.717, 1.165) is 0 Å². The van der Waals surface area contributed by atoms with E-state index in [-0.39, 0.29) is 18.3 Å². The largest absolute Gasteiger partial charge is 0.370 e. The molecule has 0 radical (unpaired) electrons. The molecule has 0 fully saturated rings. The van der Waals surface area contributed by atoms with E-state index in [1.807, 2.05) is 0 Å². The molecule has 66 valence electrons. The number of hydrogen-bond acceptors (Lipinski definition) is 4. The molecular weight excluding hydrogens is 226 g/mol. The van der Waals surface area contributed by atoms with Gasteiger partial charge in [-0.05, 0) is 15.9 Å². The second kappa shape index (κ2) is 3.53. The van der Waals surface area contributed by atoms with Gasteiger partial charge in [-0.3, -0.25) is 4.79 Å². The first kappa shape index (κ1) is 8.98. The first-order valence-electron chi connectivity index (χ1n) is 3.23. The van der Waals surface area contributed by atoms with Crippen molar-refractivity contribution < 1.29 is 4.79 Å². The van der Waals surface area contributed by atoms with Crippen LogP contribution < -0.4 is 11.5 Å². The second-order valence-corrected chi connectivity index (χ2v) is 2.89. The Morgan fingerprint density at radius 3 is 2.75 bits per heavy atom. The van der Waals surface area contributed by atoms with E-state index in [1.165, 1.54) is 4.68 Å². The Balaban J connectivity index is 2.62. The van der Waals surface area contributed by atoms with Crippen LogP contribution in [0.25, 0.3) is 0 Å². The topological polar surface area (TPSA) is 99.8 Å². The van der Waals surface area contributed by atoms with Crippen molar-refractivity contribution in [3.05, 3.63) is 4.73 Å². The second-order valence-electron chi connectivity index (χ2n) is 2.18. The predicted molar refractivity (Wildman–Crippen MR) is 45.9 cm³/mol. The van der Waals surface area contributed by atoms with Gasteiger partial charge in [0.2, 0.25) is 11.9 Å². The average Bonchev–Trinajstić information content (AvgIpc) is 2.26. The van der Waals surface area contributed by atoms with Crippen molar-refractivity contribution in [2.24, 2.45) is 5.73 Å². The lowest BCUT2D eigenvalue weighted by atomic mass is 10.4. The number of halogens is 1. The maximum absolute atomic E-state index is 10.4. The van der Waals surface area contributed by atoms with Gasteiger partial charge in [0, 0.05) is 6.42 Å². The van der Waals surface area contributed by atoms with Crippen molar-refractivity contribution in [2.75, 3.05) is 5.73 Å². The fourth-order valence-corrected chi connectivity index (χ4v) is 1.14. The minimum Gasteiger partial charge on any atom is -0.370 e. The zero-order valence-electron chi connectivity index (χ0n) is 6.20. The van der Waals surface area contributed by atoms with Gasteiger partial charge in [0.1, 0.15) is 0 Å². The molecule has 0 aliphatic carbocycles. The van der Waals surface area contributed by atoms with Crippen molar-refractivity contribution >= 4 is 27.8 Å². The molecule has 0 aliphatic heterocycles. The van der Waals surface area contributed by atoms with Gasteiger partial charge in [0.25, 0.3) is 0 Å². The van der Waals surface area contributed by atoms with E-state index in [1.54, 1.807) is 0 Å².